The molecule has 3 aromatic rings. The average Bonchev–Trinajstić information content (AvgIpc) is 3.29. The topological polar surface area (TPSA) is 125 Å². The molecule has 206 valence electrons. The minimum Gasteiger partial charge on any atom is -0.337 e. The standard InChI is InChI=1S/C28H25Cl2N5O5/c29-19-6-7-21(22(30)15-19)25-16-26(36)32-23-14-18(27(37)33-11-2-9-31-10-12-33)5-8-24(23)34(25)28(38)17-3-1-4-20(13-17)35(39)40/h1,3-8,13-15,25,31H,2,9-12,16H2,(H,32,36). The number of amides is 3. The molecule has 0 saturated carbocycles. The first-order valence-electron chi connectivity index (χ1n) is 12.7. The van der Waals surface area contributed by atoms with Gasteiger partial charge in [-0.1, -0.05) is 35.3 Å². The highest BCUT2D eigenvalue weighted by Gasteiger charge is 2.36. The van der Waals surface area contributed by atoms with Crippen LogP contribution in [0.2, 0.25) is 10.0 Å². The molecule has 0 aromatic heterocycles. The van der Waals surface area contributed by atoms with Gasteiger partial charge in [0.15, 0.2) is 0 Å². The molecule has 0 aliphatic carbocycles. The minimum absolute atomic E-state index is 0.0572. The number of rotatable bonds is 4. The van der Waals surface area contributed by atoms with Gasteiger partial charge >= 0.3 is 0 Å². The Morgan fingerprint density at radius 3 is 2.52 bits per heavy atom. The van der Waals surface area contributed by atoms with E-state index in [1.807, 2.05) is 0 Å². The number of non-ortho nitro benzene ring substituents is 1. The van der Waals surface area contributed by atoms with Crippen molar-refractivity contribution in [1.82, 2.24) is 10.2 Å². The van der Waals surface area contributed by atoms with Gasteiger partial charge in [0.1, 0.15) is 0 Å². The highest BCUT2D eigenvalue weighted by molar-refractivity contribution is 6.35. The third-order valence-corrected chi connectivity index (χ3v) is 7.50. The highest BCUT2D eigenvalue weighted by atomic mass is 35.5. The fraction of sp³-hybridized carbons (Fsp3) is 0.250. The van der Waals surface area contributed by atoms with Crippen LogP contribution in [0.1, 0.15) is 45.2 Å². The largest absolute Gasteiger partial charge is 0.337 e. The number of nitrogens with one attached hydrogen (secondary N) is 2. The third-order valence-electron chi connectivity index (χ3n) is 6.94. The number of halogens is 2. The molecule has 1 saturated heterocycles. The molecule has 0 bridgehead atoms. The van der Waals surface area contributed by atoms with Crippen LogP contribution in [0.5, 0.6) is 0 Å². The number of nitro groups is 1. The Kier molecular flexibility index (Phi) is 8.02. The van der Waals surface area contributed by atoms with E-state index in [0.29, 0.717) is 41.5 Å². The van der Waals surface area contributed by atoms with Crippen molar-refractivity contribution < 1.29 is 19.3 Å². The normalized spacial score (nSPS) is 17.4. The summed E-state index contributed by atoms with van der Waals surface area (Å²) in [5.74, 6) is -1.15. The second-order valence-electron chi connectivity index (χ2n) is 9.54. The zero-order valence-corrected chi connectivity index (χ0v) is 22.7. The maximum atomic E-state index is 14.1. The van der Waals surface area contributed by atoms with Gasteiger partial charge in [-0.3, -0.25) is 29.4 Å². The number of carbonyl (C=O) groups is 3. The van der Waals surface area contributed by atoms with Gasteiger partial charge in [-0.25, -0.2) is 0 Å². The van der Waals surface area contributed by atoms with E-state index in [1.54, 1.807) is 35.2 Å². The molecule has 0 radical (unpaired) electrons. The summed E-state index contributed by atoms with van der Waals surface area (Å²) in [6.07, 6.45) is 0.667. The molecule has 10 nitrogen and oxygen atoms in total. The van der Waals surface area contributed by atoms with Crippen molar-refractivity contribution in [3.63, 3.8) is 0 Å². The Bertz CT molecular complexity index is 1510. The maximum absolute atomic E-state index is 14.1. The Hall–Kier alpha value is -3.99. The summed E-state index contributed by atoms with van der Waals surface area (Å²) in [5, 5.41) is 18.2. The summed E-state index contributed by atoms with van der Waals surface area (Å²) in [6.45, 7) is 2.66. The van der Waals surface area contributed by atoms with Crippen molar-refractivity contribution in [2.24, 2.45) is 0 Å². The van der Waals surface area contributed by atoms with Gasteiger partial charge in [0, 0.05) is 52.9 Å². The highest BCUT2D eigenvalue weighted by Crippen LogP contribution is 2.42. The quantitative estimate of drug-likeness (QED) is 0.327. The Balaban J connectivity index is 1.62. The van der Waals surface area contributed by atoms with Crippen LogP contribution in [0, 0.1) is 10.1 Å². The van der Waals surface area contributed by atoms with Gasteiger partial charge in [-0.2, -0.15) is 0 Å². The first kappa shape index (κ1) is 27.6. The maximum Gasteiger partial charge on any atom is 0.270 e. The van der Waals surface area contributed by atoms with Crippen molar-refractivity contribution in [2.45, 2.75) is 18.9 Å². The van der Waals surface area contributed by atoms with Gasteiger partial charge in [-0.05, 0) is 54.9 Å². The van der Waals surface area contributed by atoms with Gasteiger partial charge in [0.05, 0.1) is 28.8 Å². The molecular formula is C28H25Cl2N5O5. The molecule has 12 heteroatoms. The van der Waals surface area contributed by atoms with Gasteiger partial charge in [-0.15, -0.1) is 0 Å². The molecule has 1 unspecified atom stereocenters. The molecule has 2 aliphatic rings. The van der Waals surface area contributed by atoms with Crippen LogP contribution in [0.25, 0.3) is 0 Å². The Morgan fingerprint density at radius 2 is 1.75 bits per heavy atom. The number of hydrogen-bond acceptors (Lipinski definition) is 6. The van der Waals surface area contributed by atoms with E-state index in [-0.39, 0.29) is 34.3 Å². The van der Waals surface area contributed by atoms with Crippen LogP contribution in [0.15, 0.2) is 60.7 Å². The summed E-state index contributed by atoms with van der Waals surface area (Å²) >= 11 is 12.7. The summed E-state index contributed by atoms with van der Waals surface area (Å²) < 4.78 is 0. The molecule has 3 aromatic carbocycles. The number of nitrogens with zero attached hydrogens (tertiary/aromatic N) is 3. The molecule has 40 heavy (non-hydrogen) atoms. The molecule has 2 heterocycles. The van der Waals surface area contributed by atoms with E-state index in [2.05, 4.69) is 10.6 Å². The van der Waals surface area contributed by atoms with E-state index in [4.69, 9.17) is 23.2 Å². The number of hydrogen-bond donors (Lipinski definition) is 2. The zero-order valence-electron chi connectivity index (χ0n) is 21.2. The predicted molar refractivity (Wildman–Crippen MR) is 152 cm³/mol. The Labute approximate surface area is 240 Å². The van der Waals surface area contributed by atoms with Crippen LogP contribution in [-0.4, -0.2) is 53.7 Å². The fourth-order valence-corrected chi connectivity index (χ4v) is 5.54. The van der Waals surface area contributed by atoms with E-state index in [0.717, 1.165) is 13.0 Å². The minimum atomic E-state index is -0.865. The van der Waals surface area contributed by atoms with Gasteiger partial charge in [0.2, 0.25) is 5.91 Å². The molecule has 3 amide bonds. The molecule has 1 fully saturated rings. The van der Waals surface area contributed by atoms with Crippen LogP contribution < -0.4 is 15.5 Å². The predicted octanol–water partition coefficient (Wildman–Crippen LogP) is 5.07. The van der Waals surface area contributed by atoms with E-state index < -0.39 is 22.8 Å². The van der Waals surface area contributed by atoms with Crippen LogP contribution in [0.3, 0.4) is 0 Å². The van der Waals surface area contributed by atoms with Crippen molar-refractivity contribution in [1.29, 1.82) is 0 Å². The number of nitro benzene ring substituents is 1. The molecule has 2 N–H and O–H groups in total. The second-order valence-corrected chi connectivity index (χ2v) is 10.4. The van der Waals surface area contributed by atoms with Crippen LogP contribution in [0.4, 0.5) is 17.1 Å². The molecular weight excluding hydrogens is 557 g/mol. The summed E-state index contributed by atoms with van der Waals surface area (Å²) in [5.41, 5.74) is 1.25. The first-order valence-corrected chi connectivity index (χ1v) is 13.5. The van der Waals surface area contributed by atoms with E-state index >= 15 is 0 Å². The van der Waals surface area contributed by atoms with Crippen LogP contribution in [-0.2, 0) is 4.79 Å². The number of benzene rings is 3. The average molecular weight is 582 g/mol. The SMILES string of the molecule is O=C1CC(c2ccc(Cl)cc2Cl)N(C(=O)c2cccc([N+](=O)[O-])c2)c2ccc(C(=O)N3CCCNCC3)cc2N1. The summed E-state index contributed by atoms with van der Waals surface area (Å²) in [7, 11) is 0. The lowest BCUT2D eigenvalue weighted by Gasteiger charge is -2.31. The third kappa shape index (κ3) is 5.65. The second kappa shape index (κ2) is 11.6. The lowest BCUT2D eigenvalue weighted by molar-refractivity contribution is -0.384. The Morgan fingerprint density at radius 1 is 0.950 bits per heavy atom. The monoisotopic (exact) mass is 581 g/mol. The van der Waals surface area contributed by atoms with E-state index in [1.165, 1.54) is 35.2 Å². The first-order chi connectivity index (χ1) is 19.2. The summed E-state index contributed by atoms with van der Waals surface area (Å²) in [6, 6.07) is 14.1. The number of carbonyl (C=O) groups excluding carboxylic acids is 3. The van der Waals surface area contributed by atoms with Crippen molar-refractivity contribution in [2.75, 3.05) is 36.4 Å². The van der Waals surface area contributed by atoms with Gasteiger partial charge in [0.25, 0.3) is 17.5 Å². The molecule has 2 aliphatic heterocycles. The zero-order chi connectivity index (χ0) is 28.4. The van der Waals surface area contributed by atoms with Crippen LogP contribution >= 0.6 is 23.2 Å². The van der Waals surface area contributed by atoms with Gasteiger partial charge < -0.3 is 15.5 Å². The van der Waals surface area contributed by atoms with Crippen molar-refractivity contribution >= 4 is 58.0 Å². The summed E-state index contributed by atoms with van der Waals surface area (Å²) in [4.78, 5) is 54.6. The van der Waals surface area contributed by atoms with Crippen molar-refractivity contribution in [3.8, 4) is 0 Å². The smallest absolute Gasteiger partial charge is 0.270 e. The molecule has 1 atom stereocenters. The lowest BCUT2D eigenvalue weighted by Crippen LogP contribution is -2.36. The number of fused-ring (bicyclic) bond motifs is 1. The molecule has 0 spiro atoms. The molecule has 5 rings (SSSR count). The van der Waals surface area contributed by atoms with E-state index in [9.17, 15) is 24.5 Å². The lowest BCUT2D eigenvalue weighted by atomic mass is 9.99. The van der Waals surface area contributed by atoms with Crippen molar-refractivity contribution in [3.05, 3.63) is 97.5 Å². The number of anilines is 2. The fourth-order valence-electron chi connectivity index (χ4n) is 5.01.